The minimum Gasteiger partial charge on any atom is -0.463 e. The first-order valence-corrected chi connectivity index (χ1v) is 8.83. The third-order valence-electron chi connectivity index (χ3n) is 2.82. The van der Waals surface area contributed by atoms with Gasteiger partial charge in [0.2, 0.25) is 5.52 Å². The summed E-state index contributed by atoms with van der Waals surface area (Å²) in [6, 6.07) is 0. The minimum atomic E-state index is -1.48. The molecular formula is C15H29NO4P+. The number of carbonyl (C=O) groups excluding carboxylic acids is 2. The maximum absolute atomic E-state index is 11.8. The summed E-state index contributed by atoms with van der Waals surface area (Å²) in [6.45, 7) is 4.14. The van der Waals surface area contributed by atoms with Gasteiger partial charge >= 0.3 is 5.97 Å². The molecule has 1 N–H and O–H groups in total. The molecule has 0 saturated carbocycles. The van der Waals surface area contributed by atoms with E-state index in [0.717, 1.165) is 38.2 Å². The van der Waals surface area contributed by atoms with E-state index in [1.165, 1.54) is 0 Å². The van der Waals surface area contributed by atoms with Crippen LogP contribution in [-0.2, 0) is 14.3 Å². The smallest absolute Gasteiger partial charge is 0.330 e. The van der Waals surface area contributed by atoms with Crippen molar-refractivity contribution >= 4 is 19.6 Å². The monoisotopic (exact) mass is 318 g/mol. The lowest BCUT2D eigenvalue weighted by molar-refractivity contribution is -0.861. The predicted molar refractivity (Wildman–Crippen MR) is 86.2 cm³/mol. The quantitative estimate of drug-likeness (QED) is 0.197. The van der Waals surface area contributed by atoms with Gasteiger partial charge in [0, 0.05) is 6.08 Å². The number of esters is 1. The van der Waals surface area contributed by atoms with Crippen LogP contribution in [0.2, 0.25) is 0 Å². The number of rotatable bonds is 12. The predicted octanol–water partition coefficient (Wildman–Crippen LogP) is 2.29. The summed E-state index contributed by atoms with van der Waals surface area (Å²) in [4.78, 5) is 32.4. The molecule has 0 aromatic carbocycles. The Labute approximate surface area is 129 Å². The van der Waals surface area contributed by atoms with Crippen LogP contribution in [0.15, 0.2) is 12.7 Å². The van der Waals surface area contributed by atoms with Crippen molar-refractivity contribution in [3.8, 4) is 0 Å². The van der Waals surface area contributed by atoms with Crippen molar-refractivity contribution in [2.24, 2.45) is 0 Å². The molecule has 0 rings (SSSR count). The molecule has 0 aliphatic rings. The molecule has 0 heterocycles. The van der Waals surface area contributed by atoms with Gasteiger partial charge in [0.1, 0.15) is 14.7 Å². The van der Waals surface area contributed by atoms with E-state index >= 15 is 0 Å². The number of carbonyl (C=O) groups is 2. The highest BCUT2D eigenvalue weighted by Crippen LogP contribution is 2.33. The van der Waals surface area contributed by atoms with Crippen LogP contribution in [-0.4, -0.2) is 61.3 Å². The molecule has 0 aromatic rings. The lowest BCUT2D eigenvalue weighted by Crippen LogP contribution is -2.39. The van der Waals surface area contributed by atoms with Crippen LogP contribution in [0.25, 0.3) is 0 Å². The fourth-order valence-corrected chi connectivity index (χ4v) is 3.10. The Hall–Kier alpha value is -0.770. The topological polar surface area (TPSA) is 63.6 Å². The Morgan fingerprint density at radius 3 is 2.29 bits per heavy atom. The van der Waals surface area contributed by atoms with Crippen molar-refractivity contribution in [3.63, 3.8) is 0 Å². The van der Waals surface area contributed by atoms with Crippen molar-refractivity contribution in [2.45, 2.75) is 32.1 Å². The number of nitrogens with zero attached hydrogens (tertiary/aromatic N) is 1. The molecule has 0 bridgehead atoms. The highest BCUT2D eigenvalue weighted by Gasteiger charge is 2.21. The third-order valence-corrected chi connectivity index (χ3v) is 4.28. The van der Waals surface area contributed by atoms with Gasteiger partial charge in [0.05, 0.1) is 27.7 Å². The molecule has 0 aliphatic carbocycles. The number of likely N-dealkylation sites (N-methyl/N-ethyl adjacent to an activating group) is 1. The standard InChI is InChI=1S/C15H29NO4P/c1-5-14(17)20-11-9-7-6-8-10-12-21(19)15(18)13-16(2,3)4/h5,19H,1,6-13H2,2-4H3/q+1. The summed E-state index contributed by atoms with van der Waals surface area (Å²) >= 11 is 0. The van der Waals surface area contributed by atoms with E-state index in [4.69, 9.17) is 4.74 Å². The van der Waals surface area contributed by atoms with Crippen molar-refractivity contribution in [1.82, 2.24) is 0 Å². The summed E-state index contributed by atoms with van der Waals surface area (Å²) in [7, 11) is 4.35. The summed E-state index contributed by atoms with van der Waals surface area (Å²) in [5.41, 5.74) is -0.0196. The largest absolute Gasteiger partial charge is 0.463 e. The lowest BCUT2D eigenvalue weighted by Gasteiger charge is -2.23. The normalized spacial score (nSPS) is 12.8. The average molecular weight is 318 g/mol. The van der Waals surface area contributed by atoms with Gasteiger partial charge < -0.3 is 14.1 Å². The fourth-order valence-electron chi connectivity index (χ4n) is 1.74. The van der Waals surface area contributed by atoms with Gasteiger partial charge in [-0.2, -0.15) is 0 Å². The SMILES string of the molecule is C=CC(=O)OCCCCCCCP(O)C(=O)C[N+](C)(C)C. The van der Waals surface area contributed by atoms with E-state index < -0.39 is 8.15 Å². The fraction of sp³-hybridized carbons (Fsp3) is 0.733. The highest BCUT2D eigenvalue weighted by molar-refractivity contribution is 7.69. The van der Waals surface area contributed by atoms with Crippen molar-refractivity contribution in [3.05, 3.63) is 12.7 Å². The highest BCUT2D eigenvalue weighted by atomic mass is 31.1. The molecule has 6 heteroatoms. The van der Waals surface area contributed by atoms with Crippen LogP contribution in [0.1, 0.15) is 32.1 Å². The Morgan fingerprint density at radius 1 is 1.14 bits per heavy atom. The second-order valence-electron chi connectivity index (χ2n) is 6.10. The molecule has 5 nitrogen and oxygen atoms in total. The summed E-state index contributed by atoms with van der Waals surface area (Å²) in [5.74, 6) is -0.378. The molecule has 1 unspecified atom stereocenters. The van der Waals surface area contributed by atoms with Crippen LogP contribution < -0.4 is 0 Å². The summed E-state index contributed by atoms with van der Waals surface area (Å²) in [6.07, 6.45) is 6.48. The first-order chi connectivity index (χ1) is 9.76. The second kappa shape index (κ2) is 10.9. The minimum absolute atomic E-state index is 0.0196. The van der Waals surface area contributed by atoms with E-state index in [0.29, 0.717) is 23.8 Å². The Bertz CT molecular complexity index is 339. The van der Waals surface area contributed by atoms with Gasteiger partial charge in [0.15, 0.2) is 0 Å². The van der Waals surface area contributed by atoms with Crippen molar-refractivity contribution < 1.29 is 23.7 Å². The van der Waals surface area contributed by atoms with Gasteiger partial charge in [-0.25, -0.2) is 4.79 Å². The lowest BCUT2D eigenvalue weighted by atomic mass is 10.2. The molecule has 0 spiro atoms. The number of ether oxygens (including phenoxy) is 1. The first kappa shape index (κ1) is 20.2. The second-order valence-corrected chi connectivity index (χ2v) is 7.85. The molecule has 0 aromatic heterocycles. The van der Waals surface area contributed by atoms with Crippen molar-refractivity contribution in [1.29, 1.82) is 0 Å². The Balaban J connectivity index is 3.52. The zero-order valence-corrected chi connectivity index (χ0v) is 14.4. The van der Waals surface area contributed by atoms with E-state index in [1.54, 1.807) is 0 Å². The van der Waals surface area contributed by atoms with Crippen LogP contribution in [0.5, 0.6) is 0 Å². The molecule has 0 radical (unpaired) electrons. The molecular weight excluding hydrogens is 289 g/mol. The molecule has 0 aliphatic heterocycles. The first-order valence-electron chi connectivity index (χ1n) is 7.35. The molecule has 0 fully saturated rings. The number of hydrogen-bond acceptors (Lipinski definition) is 4. The van der Waals surface area contributed by atoms with Gasteiger partial charge in [-0.15, -0.1) is 0 Å². The third kappa shape index (κ3) is 12.7. The molecule has 0 amide bonds. The maximum atomic E-state index is 11.8. The number of unbranched alkanes of at least 4 members (excludes halogenated alkanes) is 4. The summed E-state index contributed by atoms with van der Waals surface area (Å²) < 4.78 is 5.43. The van der Waals surface area contributed by atoms with E-state index in [-0.39, 0.29) is 11.5 Å². The van der Waals surface area contributed by atoms with E-state index in [1.807, 2.05) is 21.1 Å². The molecule has 21 heavy (non-hydrogen) atoms. The number of hydrogen-bond donors (Lipinski definition) is 1. The number of quaternary nitrogens is 1. The molecule has 1 atom stereocenters. The Kier molecular flexibility index (Phi) is 10.5. The van der Waals surface area contributed by atoms with Crippen LogP contribution in [0, 0.1) is 0 Å². The van der Waals surface area contributed by atoms with E-state index in [2.05, 4.69) is 6.58 Å². The Morgan fingerprint density at radius 2 is 1.71 bits per heavy atom. The van der Waals surface area contributed by atoms with Gasteiger partial charge in [-0.1, -0.05) is 25.8 Å². The van der Waals surface area contributed by atoms with Crippen LogP contribution >= 0.6 is 8.15 Å². The van der Waals surface area contributed by atoms with Crippen molar-refractivity contribution in [2.75, 3.05) is 40.5 Å². The zero-order valence-electron chi connectivity index (χ0n) is 13.5. The average Bonchev–Trinajstić information content (AvgIpc) is 2.39. The molecule has 122 valence electrons. The van der Waals surface area contributed by atoms with Gasteiger partial charge in [0.25, 0.3) is 0 Å². The van der Waals surface area contributed by atoms with Gasteiger partial charge in [-0.05, 0) is 19.0 Å². The summed E-state index contributed by atoms with van der Waals surface area (Å²) in [5, 5.41) is 0. The molecule has 0 saturated heterocycles. The van der Waals surface area contributed by atoms with Crippen LogP contribution in [0.3, 0.4) is 0 Å². The van der Waals surface area contributed by atoms with Crippen LogP contribution in [0.4, 0.5) is 0 Å². The zero-order chi connectivity index (χ0) is 16.3. The maximum Gasteiger partial charge on any atom is 0.330 e. The van der Waals surface area contributed by atoms with Gasteiger partial charge in [-0.3, -0.25) is 4.79 Å². The van der Waals surface area contributed by atoms with E-state index in [9.17, 15) is 14.5 Å².